The summed E-state index contributed by atoms with van der Waals surface area (Å²) in [6, 6.07) is 21.6. The number of benzene rings is 3. The molecule has 0 saturated carbocycles. The van der Waals surface area contributed by atoms with Crippen LogP contribution >= 0.6 is 0 Å². The lowest BCUT2D eigenvalue weighted by Gasteiger charge is -2.04. The van der Waals surface area contributed by atoms with Gasteiger partial charge in [0.1, 0.15) is 5.69 Å². The Morgan fingerprint density at radius 1 is 0.783 bits per heavy atom. The zero-order valence-corrected chi connectivity index (χ0v) is 12.3. The zero-order chi connectivity index (χ0) is 15.6. The van der Waals surface area contributed by atoms with Gasteiger partial charge in [0.05, 0.1) is 17.4 Å². The van der Waals surface area contributed by atoms with Gasteiger partial charge in [-0.05, 0) is 24.3 Å². The van der Waals surface area contributed by atoms with E-state index in [1.165, 1.54) is 0 Å². The summed E-state index contributed by atoms with van der Waals surface area (Å²) < 4.78 is 0. The number of hydrogen-bond acceptors (Lipinski definition) is 4. The fraction of sp³-hybridized carbons (Fsp3) is 0. The number of anilines is 1. The fourth-order valence-electron chi connectivity index (χ4n) is 2.62. The normalized spacial score (nSPS) is 11.5. The highest BCUT2D eigenvalue weighted by Gasteiger charge is 2.03. The molecule has 2 N–H and O–H groups in total. The number of fused-ring (bicyclic) bond motifs is 2. The highest BCUT2D eigenvalue weighted by Crippen LogP contribution is 2.31. The first-order valence-electron chi connectivity index (χ1n) is 7.35. The summed E-state index contributed by atoms with van der Waals surface area (Å²) in [6.45, 7) is 0. The summed E-state index contributed by atoms with van der Waals surface area (Å²) in [4.78, 5) is 4.40. The third kappa shape index (κ3) is 2.51. The molecule has 4 heteroatoms. The predicted molar refractivity (Wildman–Crippen MR) is 94.3 cm³/mol. The van der Waals surface area contributed by atoms with E-state index in [9.17, 15) is 0 Å². The fourth-order valence-corrected chi connectivity index (χ4v) is 2.62. The van der Waals surface area contributed by atoms with Crippen molar-refractivity contribution in [1.29, 1.82) is 0 Å². The van der Waals surface area contributed by atoms with Crippen molar-refractivity contribution < 1.29 is 0 Å². The van der Waals surface area contributed by atoms with E-state index in [0.717, 1.165) is 38.7 Å². The number of azo groups is 1. The molecule has 1 aromatic heterocycles. The van der Waals surface area contributed by atoms with Crippen LogP contribution in [0.25, 0.3) is 21.7 Å². The van der Waals surface area contributed by atoms with Crippen molar-refractivity contribution in [2.45, 2.75) is 0 Å². The van der Waals surface area contributed by atoms with Gasteiger partial charge in [0.15, 0.2) is 0 Å². The average molecular weight is 298 g/mol. The van der Waals surface area contributed by atoms with Crippen LogP contribution in [0, 0.1) is 0 Å². The Labute approximate surface area is 133 Å². The van der Waals surface area contributed by atoms with Crippen molar-refractivity contribution in [3.8, 4) is 0 Å². The minimum Gasteiger partial charge on any atom is -0.398 e. The minimum atomic E-state index is 0.726. The second kappa shape index (κ2) is 5.50. The molecule has 0 aliphatic heterocycles. The predicted octanol–water partition coefficient (Wildman–Crippen LogP) is 5.39. The van der Waals surface area contributed by atoms with Crippen molar-refractivity contribution in [2.75, 3.05) is 5.73 Å². The van der Waals surface area contributed by atoms with Crippen LogP contribution in [0.5, 0.6) is 0 Å². The number of pyridine rings is 1. The van der Waals surface area contributed by atoms with Crippen molar-refractivity contribution in [1.82, 2.24) is 4.98 Å². The molecular formula is C19H14N4. The van der Waals surface area contributed by atoms with Gasteiger partial charge in [-0.2, -0.15) is 0 Å². The topological polar surface area (TPSA) is 63.6 Å². The Kier molecular flexibility index (Phi) is 3.20. The van der Waals surface area contributed by atoms with E-state index in [0.29, 0.717) is 0 Å². The average Bonchev–Trinajstić information content (AvgIpc) is 2.61. The lowest BCUT2D eigenvalue weighted by atomic mass is 10.1. The monoisotopic (exact) mass is 298 g/mol. The second-order valence-electron chi connectivity index (χ2n) is 5.31. The van der Waals surface area contributed by atoms with Gasteiger partial charge in [-0.25, -0.2) is 0 Å². The molecule has 4 rings (SSSR count). The molecule has 4 nitrogen and oxygen atoms in total. The van der Waals surface area contributed by atoms with E-state index in [4.69, 9.17) is 5.73 Å². The molecule has 0 saturated heterocycles. The summed E-state index contributed by atoms with van der Waals surface area (Å²) in [5, 5.41) is 11.7. The van der Waals surface area contributed by atoms with Gasteiger partial charge in [0.2, 0.25) is 0 Å². The third-order valence-electron chi connectivity index (χ3n) is 3.78. The van der Waals surface area contributed by atoms with Crippen LogP contribution in [0.2, 0.25) is 0 Å². The van der Waals surface area contributed by atoms with E-state index < -0.39 is 0 Å². The lowest BCUT2D eigenvalue weighted by molar-refractivity contribution is 1.22. The van der Waals surface area contributed by atoms with Crippen LogP contribution in [-0.4, -0.2) is 4.98 Å². The molecule has 4 aromatic rings. The number of para-hydroxylation sites is 1. The molecule has 0 bridgehead atoms. The van der Waals surface area contributed by atoms with Gasteiger partial charge in [-0.15, -0.1) is 10.2 Å². The minimum absolute atomic E-state index is 0.726. The van der Waals surface area contributed by atoms with Crippen LogP contribution in [0.15, 0.2) is 83.2 Å². The molecule has 0 fully saturated rings. The molecule has 110 valence electrons. The molecule has 23 heavy (non-hydrogen) atoms. The van der Waals surface area contributed by atoms with Crippen LogP contribution in [0.3, 0.4) is 0 Å². The molecule has 0 amide bonds. The zero-order valence-electron chi connectivity index (χ0n) is 12.3. The van der Waals surface area contributed by atoms with Crippen molar-refractivity contribution in [3.05, 3.63) is 72.9 Å². The number of nitrogen functional groups attached to an aromatic ring is 1. The Balaban J connectivity index is 1.77. The molecule has 3 aromatic carbocycles. The van der Waals surface area contributed by atoms with Gasteiger partial charge in [-0.1, -0.05) is 42.5 Å². The van der Waals surface area contributed by atoms with Gasteiger partial charge in [0.25, 0.3) is 0 Å². The molecule has 1 heterocycles. The summed E-state index contributed by atoms with van der Waals surface area (Å²) in [7, 11) is 0. The Bertz CT molecular complexity index is 1040. The quantitative estimate of drug-likeness (QED) is 0.398. The summed E-state index contributed by atoms with van der Waals surface area (Å²) in [5.41, 5.74) is 9.22. The lowest BCUT2D eigenvalue weighted by Crippen LogP contribution is -1.86. The van der Waals surface area contributed by atoms with E-state index in [2.05, 4.69) is 15.2 Å². The maximum absolute atomic E-state index is 6.01. The van der Waals surface area contributed by atoms with E-state index >= 15 is 0 Å². The van der Waals surface area contributed by atoms with Crippen molar-refractivity contribution in [2.24, 2.45) is 10.2 Å². The largest absolute Gasteiger partial charge is 0.398 e. The highest BCUT2D eigenvalue weighted by atomic mass is 15.1. The molecular weight excluding hydrogens is 284 g/mol. The van der Waals surface area contributed by atoms with Crippen LogP contribution in [-0.2, 0) is 0 Å². The molecule has 0 unspecified atom stereocenters. The Morgan fingerprint density at radius 3 is 2.48 bits per heavy atom. The van der Waals surface area contributed by atoms with Gasteiger partial charge >= 0.3 is 0 Å². The Hall–Kier alpha value is -3.27. The third-order valence-corrected chi connectivity index (χ3v) is 3.78. The number of aromatic nitrogens is 1. The highest BCUT2D eigenvalue weighted by molar-refractivity contribution is 6.00. The number of nitrogens with zero attached hydrogens (tertiary/aromatic N) is 3. The van der Waals surface area contributed by atoms with E-state index in [1.807, 2.05) is 66.7 Å². The van der Waals surface area contributed by atoms with Gasteiger partial charge in [-0.3, -0.25) is 4.98 Å². The van der Waals surface area contributed by atoms with E-state index in [1.54, 1.807) is 6.20 Å². The summed E-state index contributed by atoms with van der Waals surface area (Å²) in [5.74, 6) is 0. The number of nitrogens with two attached hydrogens (primary N) is 1. The molecule has 0 radical (unpaired) electrons. The number of hydrogen-bond donors (Lipinski definition) is 1. The van der Waals surface area contributed by atoms with Gasteiger partial charge < -0.3 is 5.73 Å². The summed E-state index contributed by atoms with van der Waals surface area (Å²) in [6.07, 6.45) is 1.73. The first kappa shape index (κ1) is 13.4. The maximum Gasteiger partial charge on any atom is 0.105 e. The first-order chi connectivity index (χ1) is 11.3. The Morgan fingerprint density at radius 2 is 1.57 bits per heavy atom. The van der Waals surface area contributed by atoms with Gasteiger partial charge in [0, 0.05) is 21.8 Å². The van der Waals surface area contributed by atoms with Crippen LogP contribution in [0.4, 0.5) is 17.1 Å². The molecule has 0 spiro atoms. The first-order valence-corrected chi connectivity index (χ1v) is 7.35. The SMILES string of the molecule is Nc1ccc(N=Nc2cnc3ccccc3c2)c2ccccc12. The maximum atomic E-state index is 6.01. The molecule has 0 aliphatic rings. The van der Waals surface area contributed by atoms with Crippen LogP contribution in [0.1, 0.15) is 0 Å². The molecule has 0 atom stereocenters. The number of rotatable bonds is 2. The summed E-state index contributed by atoms with van der Waals surface area (Å²) >= 11 is 0. The smallest absolute Gasteiger partial charge is 0.105 e. The van der Waals surface area contributed by atoms with Crippen molar-refractivity contribution in [3.63, 3.8) is 0 Å². The molecule has 0 aliphatic carbocycles. The standard InChI is InChI=1S/C19H14N4/c20-17-9-10-19(16-7-3-2-6-15(16)17)23-22-14-11-13-5-1-4-8-18(13)21-12-14/h1-12H,20H2. The van der Waals surface area contributed by atoms with Crippen LogP contribution < -0.4 is 5.73 Å². The van der Waals surface area contributed by atoms with Crippen molar-refractivity contribution >= 4 is 38.7 Å². The van der Waals surface area contributed by atoms with E-state index in [-0.39, 0.29) is 0 Å². The second-order valence-corrected chi connectivity index (χ2v) is 5.31.